The molecule has 0 atom stereocenters. The lowest BCUT2D eigenvalue weighted by molar-refractivity contribution is 1.48. The Morgan fingerprint density at radius 3 is 1.63 bits per heavy atom. The van der Waals surface area contributed by atoms with Gasteiger partial charge in [-0.25, -0.2) is 4.98 Å². The number of fused-ring (bicyclic) bond motifs is 2. The summed E-state index contributed by atoms with van der Waals surface area (Å²) < 4.78 is 0. The van der Waals surface area contributed by atoms with E-state index in [1.807, 2.05) is 18.2 Å². The number of anilines is 2. The van der Waals surface area contributed by atoms with Crippen molar-refractivity contribution in [2.24, 2.45) is 0 Å². The Morgan fingerprint density at radius 1 is 0.533 bits per heavy atom. The third-order valence-corrected chi connectivity index (χ3v) is 5.04. The Labute approximate surface area is 182 Å². The molecule has 4 aromatic carbocycles. The van der Waals surface area contributed by atoms with Gasteiger partial charge in [0.15, 0.2) is 0 Å². The molecule has 0 aliphatic heterocycles. The lowest BCUT2D eigenvalue weighted by atomic mass is 10.1. The topological polar surface area (TPSA) is 24.9 Å². The predicted octanol–water partition coefficient (Wildman–Crippen LogP) is 7.72. The Bertz CT molecular complexity index is 1260. The number of nitrogens with one attached hydrogen (secondary N) is 1. The molecule has 146 valence electrons. The van der Waals surface area contributed by atoms with Crippen molar-refractivity contribution in [1.82, 2.24) is 4.98 Å². The number of halogens is 1. The molecular weight excluding hydrogens is 388 g/mol. The van der Waals surface area contributed by atoms with E-state index < -0.39 is 0 Å². The maximum Gasteiger partial charge on any atom is 0.0730 e. The van der Waals surface area contributed by atoms with Crippen molar-refractivity contribution in [2.45, 2.75) is 0 Å². The maximum absolute atomic E-state index is 4.80. The number of para-hydroxylation sites is 2. The lowest BCUT2D eigenvalue weighted by Gasteiger charge is -2.13. The van der Waals surface area contributed by atoms with E-state index >= 15 is 0 Å². The molecule has 0 saturated heterocycles. The molecule has 5 aromatic rings. The highest BCUT2D eigenvalue weighted by molar-refractivity contribution is 6.08. The summed E-state index contributed by atoms with van der Waals surface area (Å²) in [6.07, 6.45) is 4.27. The van der Waals surface area contributed by atoms with Gasteiger partial charge in [0.1, 0.15) is 0 Å². The average molecular weight is 409 g/mol. The first-order valence-corrected chi connectivity index (χ1v) is 9.74. The fraction of sp³-hybridized carbons (Fsp3) is 0. The van der Waals surface area contributed by atoms with Gasteiger partial charge in [-0.3, -0.25) is 0 Å². The van der Waals surface area contributed by atoms with E-state index in [-0.39, 0.29) is 12.4 Å². The molecule has 0 unspecified atom stereocenters. The molecule has 0 spiro atoms. The van der Waals surface area contributed by atoms with Crippen LogP contribution in [0.3, 0.4) is 0 Å². The van der Waals surface area contributed by atoms with Gasteiger partial charge in [-0.2, -0.15) is 0 Å². The van der Waals surface area contributed by atoms with Crippen LogP contribution in [0.2, 0.25) is 0 Å². The summed E-state index contributed by atoms with van der Waals surface area (Å²) in [7, 11) is 0. The minimum absolute atomic E-state index is 0. The zero-order valence-electron chi connectivity index (χ0n) is 16.3. The number of hydrogen-bond acceptors (Lipinski definition) is 2. The van der Waals surface area contributed by atoms with Crippen LogP contribution in [0.15, 0.2) is 103 Å². The van der Waals surface area contributed by atoms with Gasteiger partial charge in [-0.1, -0.05) is 91.0 Å². The first kappa shape index (κ1) is 19.7. The summed E-state index contributed by atoms with van der Waals surface area (Å²) in [5.74, 6) is 0. The summed E-state index contributed by atoms with van der Waals surface area (Å²) in [6, 6.07) is 35.4. The van der Waals surface area contributed by atoms with Crippen LogP contribution in [0.25, 0.3) is 34.0 Å². The second-order valence-electron chi connectivity index (χ2n) is 7.01. The molecule has 0 bridgehead atoms. The molecule has 0 radical (unpaired) electrons. The SMILES string of the molecule is C(=C\c1ccc(Nc2c3ccccc3nc3ccccc23)cc1)/c1ccccc1.Cl. The molecule has 0 aliphatic carbocycles. The van der Waals surface area contributed by atoms with E-state index in [4.69, 9.17) is 4.98 Å². The van der Waals surface area contributed by atoms with Gasteiger partial charge < -0.3 is 5.32 Å². The zero-order chi connectivity index (χ0) is 19.5. The van der Waals surface area contributed by atoms with Crippen molar-refractivity contribution in [1.29, 1.82) is 0 Å². The van der Waals surface area contributed by atoms with E-state index in [0.717, 1.165) is 33.2 Å². The van der Waals surface area contributed by atoms with Gasteiger partial charge in [0.2, 0.25) is 0 Å². The molecule has 0 amide bonds. The Kier molecular flexibility index (Phi) is 5.78. The monoisotopic (exact) mass is 408 g/mol. The summed E-state index contributed by atoms with van der Waals surface area (Å²) in [5.41, 5.74) is 6.52. The minimum atomic E-state index is 0. The van der Waals surface area contributed by atoms with Gasteiger partial charge in [0, 0.05) is 16.5 Å². The summed E-state index contributed by atoms with van der Waals surface area (Å²) in [6.45, 7) is 0. The van der Waals surface area contributed by atoms with Crippen LogP contribution in [0.1, 0.15) is 11.1 Å². The molecule has 3 heteroatoms. The minimum Gasteiger partial charge on any atom is -0.354 e. The summed E-state index contributed by atoms with van der Waals surface area (Å²) in [4.78, 5) is 4.80. The van der Waals surface area contributed by atoms with Crippen molar-refractivity contribution in [3.63, 3.8) is 0 Å². The first-order valence-electron chi connectivity index (χ1n) is 9.74. The lowest BCUT2D eigenvalue weighted by Crippen LogP contribution is -1.95. The van der Waals surface area contributed by atoms with Crippen molar-refractivity contribution in [3.8, 4) is 0 Å². The highest BCUT2D eigenvalue weighted by Gasteiger charge is 2.08. The van der Waals surface area contributed by atoms with Crippen LogP contribution in [-0.4, -0.2) is 4.98 Å². The van der Waals surface area contributed by atoms with Crippen LogP contribution in [0.5, 0.6) is 0 Å². The molecule has 1 aromatic heterocycles. The molecule has 2 nitrogen and oxygen atoms in total. The van der Waals surface area contributed by atoms with Crippen molar-refractivity contribution < 1.29 is 0 Å². The highest BCUT2D eigenvalue weighted by Crippen LogP contribution is 2.33. The number of benzene rings is 4. The molecule has 5 rings (SSSR count). The number of aromatic nitrogens is 1. The molecular formula is C27H21ClN2. The molecule has 0 fully saturated rings. The standard InChI is InChI=1S/C27H20N2.ClH/c1-2-8-20(9-3-1)14-15-21-16-18-22(19-17-21)28-27-23-10-4-6-12-25(23)29-26-13-7-5-11-24(26)27;/h1-19H,(H,28,29);1H/b15-14+;. The Hall–Kier alpha value is -3.62. The number of rotatable bonds is 4. The normalized spacial score (nSPS) is 10.9. The quantitative estimate of drug-likeness (QED) is 0.243. The van der Waals surface area contributed by atoms with Crippen molar-refractivity contribution in [2.75, 3.05) is 5.32 Å². The zero-order valence-corrected chi connectivity index (χ0v) is 17.1. The number of nitrogens with zero attached hydrogens (tertiary/aromatic N) is 1. The van der Waals surface area contributed by atoms with E-state index in [9.17, 15) is 0 Å². The van der Waals surface area contributed by atoms with Crippen molar-refractivity contribution in [3.05, 3.63) is 114 Å². The van der Waals surface area contributed by atoms with E-state index in [1.54, 1.807) is 0 Å². The van der Waals surface area contributed by atoms with Crippen LogP contribution >= 0.6 is 12.4 Å². The molecule has 1 N–H and O–H groups in total. The van der Waals surface area contributed by atoms with Gasteiger partial charge in [-0.15, -0.1) is 12.4 Å². The highest BCUT2D eigenvalue weighted by atomic mass is 35.5. The van der Waals surface area contributed by atoms with Gasteiger partial charge in [0.05, 0.1) is 16.7 Å². The summed E-state index contributed by atoms with van der Waals surface area (Å²) >= 11 is 0. The second kappa shape index (κ2) is 8.81. The van der Waals surface area contributed by atoms with Crippen LogP contribution in [-0.2, 0) is 0 Å². The number of pyridine rings is 1. The van der Waals surface area contributed by atoms with Gasteiger partial charge in [-0.05, 0) is 35.4 Å². The molecule has 1 heterocycles. The summed E-state index contributed by atoms with van der Waals surface area (Å²) in [5, 5.41) is 5.88. The van der Waals surface area contributed by atoms with Gasteiger partial charge in [0.25, 0.3) is 0 Å². The third kappa shape index (κ3) is 4.05. The van der Waals surface area contributed by atoms with E-state index in [2.05, 4.69) is 102 Å². The second-order valence-corrected chi connectivity index (χ2v) is 7.01. The van der Waals surface area contributed by atoms with Crippen molar-refractivity contribution >= 4 is 57.7 Å². The molecule has 0 aliphatic rings. The third-order valence-electron chi connectivity index (χ3n) is 5.04. The van der Waals surface area contributed by atoms with Crippen LogP contribution < -0.4 is 5.32 Å². The fourth-order valence-corrected chi connectivity index (χ4v) is 3.55. The predicted molar refractivity (Wildman–Crippen MR) is 132 cm³/mol. The fourth-order valence-electron chi connectivity index (χ4n) is 3.55. The maximum atomic E-state index is 4.80. The molecule has 0 saturated carbocycles. The van der Waals surface area contributed by atoms with Crippen LogP contribution in [0, 0.1) is 0 Å². The Balaban J connectivity index is 0.00000218. The molecule has 30 heavy (non-hydrogen) atoms. The number of hydrogen-bond donors (Lipinski definition) is 1. The van der Waals surface area contributed by atoms with E-state index in [1.165, 1.54) is 11.1 Å². The first-order chi connectivity index (χ1) is 14.4. The smallest absolute Gasteiger partial charge is 0.0730 e. The largest absolute Gasteiger partial charge is 0.354 e. The van der Waals surface area contributed by atoms with E-state index in [0.29, 0.717) is 0 Å². The average Bonchev–Trinajstić information content (AvgIpc) is 2.79. The van der Waals surface area contributed by atoms with Crippen LogP contribution in [0.4, 0.5) is 11.4 Å². The Morgan fingerprint density at radius 2 is 1.03 bits per heavy atom. The van der Waals surface area contributed by atoms with Gasteiger partial charge >= 0.3 is 0 Å².